The number of carbonyl (C=O) groups is 1. The molecule has 0 spiro atoms. The van der Waals surface area contributed by atoms with E-state index in [0.29, 0.717) is 10.7 Å². The molecule has 6 nitrogen and oxygen atoms in total. The van der Waals surface area contributed by atoms with Crippen LogP contribution in [0.1, 0.15) is 24.9 Å². The second-order valence-corrected chi connectivity index (χ2v) is 5.31. The molecular formula is C15H19ClN4O2. The van der Waals surface area contributed by atoms with Crippen LogP contribution in [-0.2, 0) is 6.54 Å². The average Bonchev–Trinajstić information content (AvgIpc) is 2.93. The van der Waals surface area contributed by atoms with E-state index in [4.69, 9.17) is 11.6 Å². The maximum atomic E-state index is 12.0. The molecule has 0 radical (unpaired) electrons. The molecule has 1 unspecified atom stereocenters. The number of halogens is 1. The number of urea groups is 1. The molecule has 7 heteroatoms. The van der Waals surface area contributed by atoms with Gasteiger partial charge >= 0.3 is 6.03 Å². The Hall–Kier alpha value is -2.05. The van der Waals surface area contributed by atoms with Gasteiger partial charge in [-0.15, -0.1) is 0 Å². The summed E-state index contributed by atoms with van der Waals surface area (Å²) in [4.78, 5) is 12.0. The molecule has 1 atom stereocenters. The van der Waals surface area contributed by atoms with Crippen LogP contribution < -0.4 is 10.6 Å². The minimum atomic E-state index is -0.497. The summed E-state index contributed by atoms with van der Waals surface area (Å²) in [7, 11) is 0. The minimum absolute atomic E-state index is 0.204. The second kappa shape index (κ2) is 7.82. The highest BCUT2D eigenvalue weighted by Gasteiger charge is 2.14. The summed E-state index contributed by atoms with van der Waals surface area (Å²) < 4.78 is 1.76. The molecule has 0 aliphatic rings. The van der Waals surface area contributed by atoms with E-state index in [-0.39, 0.29) is 6.61 Å². The van der Waals surface area contributed by atoms with Crippen LogP contribution in [0.4, 0.5) is 10.5 Å². The van der Waals surface area contributed by atoms with E-state index in [9.17, 15) is 9.90 Å². The molecule has 0 fully saturated rings. The van der Waals surface area contributed by atoms with Gasteiger partial charge in [0.2, 0.25) is 0 Å². The van der Waals surface area contributed by atoms with E-state index in [2.05, 4.69) is 22.7 Å². The van der Waals surface area contributed by atoms with Crippen LogP contribution in [0.5, 0.6) is 0 Å². The van der Waals surface area contributed by atoms with E-state index in [1.165, 1.54) is 0 Å². The zero-order valence-electron chi connectivity index (χ0n) is 12.3. The second-order valence-electron chi connectivity index (χ2n) is 4.88. The number of nitrogens with zero attached hydrogens (tertiary/aromatic N) is 2. The summed E-state index contributed by atoms with van der Waals surface area (Å²) in [5, 5.41) is 19.6. The van der Waals surface area contributed by atoms with Crippen molar-refractivity contribution in [2.24, 2.45) is 0 Å². The lowest BCUT2D eigenvalue weighted by Crippen LogP contribution is -2.34. The number of aryl methyl sites for hydroxylation is 1. The number of rotatable bonds is 6. The number of benzene rings is 1. The van der Waals surface area contributed by atoms with Gasteiger partial charge in [0.25, 0.3) is 0 Å². The van der Waals surface area contributed by atoms with E-state index >= 15 is 0 Å². The number of aliphatic hydroxyl groups is 1. The number of hydrogen-bond donors (Lipinski definition) is 3. The highest BCUT2D eigenvalue weighted by atomic mass is 35.5. The smallest absolute Gasteiger partial charge is 0.319 e. The highest BCUT2D eigenvalue weighted by Crippen LogP contribution is 2.16. The van der Waals surface area contributed by atoms with Crippen LogP contribution in [-0.4, -0.2) is 27.5 Å². The third-order valence-corrected chi connectivity index (χ3v) is 3.36. The normalized spacial score (nSPS) is 12.0. The first-order valence-electron chi connectivity index (χ1n) is 7.08. The maximum Gasteiger partial charge on any atom is 0.319 e. The third-order valence-electron chi connectivity index (χ3n) is 3.10. The standard InChI is InChI=1S/C15H19ClN4O2/c1-2-7-20-9-13(8-17-20)18-15(22)19-14(10-21)11-3-5-12(16)6-4-11/h3-6,8-9,14,21H,2,7,10H2,1H3,(H2,18,19,22). The molecule has 118 valence electrons. The molecule has 0 bridgehead atoms. The number of hydrogen-bond acceptors (Lipinski definition) is 3. The van der Waals surface area contributed by atoms with Gasteiger partial charge in [-0.2, -0.15) is 5.10 Å². The molecule has 0 aliphatic heterocycles. The van der Waals surface area contributed by atoms with Gasteiger partial charge in [-0.3, -0.25) is 4.68 Å². The molecule has 2 rings (SSSR count). The van der Waals surface area contributed by atoms with Crippen molar-refractivity contribution in [1.82, 2.24) is 15.1 Å². The van der Waals surface area contributed by atoms with Crippen molar-refractivity contribution in [3.05, 3.63) is 47.2 Å². The van der Waals surface area contributed by atoms with E-state index in [1.807, 2.05) is 0 Å². The Morgan fingerprint density at radius 3 is 2.77 bits per heavy atom. The first-order chi connectivity index (χ1) is 10.6. The van der Waals surface area contributed by atoms with Gasteiger partial charge in [-0.1, -0.05) is 30.7 Å². The molecular weight excluding hydrogens is 304 g/mol. The van der Waals surface area contributed by atoms with Crippen LogP contribution in [0.2, 0.25) is 5.02 Å². The number of aliphatic hydroxyl groups excluding tert-OH is 1. The topological polar surface area (TPSA) is 79.2 Å². The molecule has 2 aromatic rings. The van der Waals surface area contributed by atoms with Crippen molar-refractivity contribution in [3.8, 4) is 0 Å². The number of nitrogens with one attached hydrogen (secondary N) is 2. The number of anilines is 1. The summed E-state index contributed by atoms with van der Waals surface area (Å²) in [5.74, 6) is 0. The maximum absolute atomic E-state index is 12.0. The predicted molar refractivity (Wildman–Crippen MR) is 86.0 cm³/mol. The third kappa shape index (κ3) is 4.47. The van der Waals surface area contributed by atoms with Gasteiger partial charge in [0.1, 0.15) is 0 Å². The molecule has 0 aliphatic carbocycles. The Morgan fingerprint density at radius 1 is 1.41 bits per heavy atom. The van der Waals surface area contributed by atoms with Gasteiger partial charge in [0, 0.05) is 17.8 Å². The number of aromatic nitrogens is 2. The molecule has 3 N–H and O–H groups in total. The van der Waals surface area contributed by atoms with Crippen molar-refractivity contribution in [3.63, 3.8) is 0 Å². The van der Waals surface area contributed by atoms with E-state index in [0.717, 1.165) is 18.5 Å². The van der Waals surface area contributed by atoms with Crippen LogP contribution in [0, 0.1) is 0 Å². The average molecular weight is 323 g/mol. The molecule has 22 heavy (non-hydrogen) atoms. The lowest BCUT2D eigenvalue weighted by atomic mass is 10.1. The SMILES string of the molecule is CCCn1cc(NC(=O)NC(CO)c2ccc(Cl)cc2)cn1. The van der Waals surface area contributed by atoms with Crippen molar-refractivity contribution in [1.29, 1.82) is 0 Å². The first-order valence-corrected chi connectivity index (χ1v) is 7.46. The Balaban J connectivity index is 1.95. The van der Waals surface area contributed by atoms with Crippen molar-refractivity contribution in [2.75, 3.05) is 11.9 Å². The lowest BCUT2D eigenvalue weighted by Gasteiger charge is -2.17. The Morgan fingerprint density at radius 2 is 2.14 bits per heavy atom. The quantitative estimate of drug-likeness (QED) is 0.765. The first kappa shape index (κ1) is 16.3. The number of carbonyl (C=O) groups excluding carboxylic acids is 1. The minimum Gasteiger partial charge on any atom is -0.394 e. The van der Waals surface area contributed by atoms with Gasteiger partial charge in [-0.05, 0) is 24.1 Å². The van der Waals surface area contributed by atoms with Gasteiger partial charge < -0.3 is 15.7 Å². The fourth-order valence-corrected chi connectivity index (χ4v) is 2.16. The Kier molecular flexibility index (Phi) is 5.80. The van der Waals surface area contributed by atoms with Crippen LogP contribution in [0.25, 0.3) is 0 Å². The molecule has 0 saturated carbocycles. The van der Waals surface area contributed by atoms with E-state index < -0.39 is 12.1 Å². The molecule has 2 amide bonds. The fraction of sp³-hybridized carbons (Fsp3) is 0.333. The Bertz CT molecular complexity index is 612. The van der Waals surface area contributed by atoms with Crippen molar-refractivity contribution in [2.45, 2.75) is 25.9 Å². The summed E-state index contributed by atoms with van der Waals surface area (Å²) in [6.07, 6.45) is 4.32. The van der Waals surface area contributed by atoms with Gasteiger partial charge in [0.15, 0.2) is 0 Å². The van der Waals surface area contributed by atoms with Crippen molar-refractivity contribution < 1.29 is 9.90 Å². The summed E-state index contributed by atoms with van der Waals surface area (Å²) in [5.41, 5.74) is 1.39. The Labute approximate surface area is 134 Å². The molecule has 1 aromatic heterocycles. The molecule has 0 saturated heterocycles. The number of amides is 2. The summed E-state index contributed by atoms with van der Waals surface area (Å²) in [6.45, 7) is 2.65. The van der Waals surface area contributed by atoms with E-state index in [1.54, 1.807) is 41.3 Å². The van der Waals surface area contributed by atoms with Gasteiger partial charge in [-0.25, -0.2) is 4.79 Å². The zero-order chi connectivity index (χ0) is 15.9. The molecule has 1 heterocycles. The summed E-state index contributed by atoms with van der Waals surface area (Å²) >= 11 is 5.83. The van der Waals surface area contributed by atoms with Crippen LogP contribution >= 0.6 is 11.6 Å². The van der Waals surface area contributed by atoms with Crippen molar-refractivity contribution >= 4 is 23.3 Å². The summed E-state index contributed by atoms with van der Waals surface area (Å²) in [6, 6.07) is 6.07. The zero-order valence-corrected chi connectivity index (χ0v) is 13.0. The van der Waals surface area contributed by atoms with Crippen LogP contribution in [0.15, 0.2) is 36.7 Å². The highest BCUT2D eigenvalue weighted by molar-refractivity contribution is 6.30. The monoisotopic (exact) mass is 322 g/mol. The molecule has 1 aromatic carbocycles. The van der Waals surface area contributed by atoms with Gasteiger partial charge in [0.05, 0.1) is 24.5 Å². The van der Waals surface area contributed by atoms with Crippen LogP contribution in [0.3, 0.4) is 0 Å². The largest absolute Gasteiger partial charge is 0.394 e. The lowest BCUT2D eigenvalue weighted by molar-refractivity contribution is 0.225. The fourth-order valence-electron chi connectivity index (χ4n) is 2.03. The predicted octanol–water partition coefficient (Wildman–Crippen LogP) is 2.80.